The van der Waals surface area contributed by atoms with E-state index in [4.69, 9.17) is 0 Å². The summed E-state index contributed by atoms with van der Waals surface area (Å²) in [5.41, 5.74) is 3.04. The van der Waals surface area contributed by atoms with E-state index in [0.717, 1.165) is 11.8 Å². The first kappa shape index (κ1) is 24.2. The lowest BCUT2D eigenvalue weighted by Gasteiger charge is -2.20. The molecule has 0 spiro atoms. The van der Waals surface area contributed by atoms with Crippen LogP contribution in [0.4, 0.5) is 0 Å². The van der Waals surface area contributed by atoms with Gasteiger partial charge < -0.3 is 0 Å². The van der Waals surface area contributed by atoms with Crippen LogP contribution in [0, 0.1) is 23.7 Å². The fraction of sp³-hybridized carbons (Fsp3) is 0.760. The molecule has 0 rings (SSSR count). The molecule has 0 aliphatic heterocycles. The Kier molecular flexibility index (Phi) is 13.9. The zero-order valence-electron chi connectivity index (χ0n) is 18.2. The molecule has 0 aliphatic rings. The molecule has 0 aromatic carbocycles. The molecule has 0 bridgehead atoms. The minimum Gasteiger partial charge on any atom is -0.103 e. The summed E-state index contributed by atoms with van der Waals surface area (Å²) in [7, 11) is 0. The number of hydrogen-bond donors (Lipinski definition) is 0. The van der Waals surface area contributed by atoms with Crippen molar-refractivity contribution in [1.29, 1.82) is 0 Å². The zero-order valence-corrected chi connectivity index (χ0v) is 18.2. The Morgan fingerprint density at radius 3 is 1.92 bits per heavy atom. The van der Waals surface area contributed by atoms with E-state index < -0.39 is 0 Å². The van der Waals surface area contributed by atoms with E-state index >= 15 is 0 Å². The fourth-order valence-electron chi connectivity index (χ4n) is 3.25. The second-order valence-electron chi connectivity index (χ2n) is 9.00. The highest BCUT2D eigenvalue weighted by Gasteiger charge is 2.13. The smallest absolute Gasteiger partial charge is 0.0171 e. The largest absolute Gasteiger partial charge is 0.103 e. The van der Waals surface area contributed by atoms with Gasteiger partial charge in [0.05, 0.1) is 0 Å². The predicted octanol–water partition coefficient (Wildman–Crippen LogP) is 8.75. The average molecular weight is 347 g/mol. The van der Waals surface area contributed by atoms with Crippen LogP contribution in [-0.2, 0) is 0 Å². The standard InChI is InChI=1S/C25H46/c1-9-22(6)16-18-25(24(8)15-11-13-21(4)5)19-17-23(7)14-10-12-20(2)3/h9,17,20-22,25H,1,8,10-16,18-19H2,2-7H3/b23-17+. The molecule has 0 N–H and O–H groups in total. The Hall–Kier alpha value is -0.780. The van der Waals surface area contributed by atoms with Crippen LogP contribution in [0.25, 0.3) is 0 Å². The Bertz CT molecular complexity index is 383. The van der Waals surface area contributed by atoms with Gasteiger partial charge in [-0.1, -0.05) is 77.3 Å². The highest BCUT2D eigenvalue weighted by atomic mass is 14.2. The topological polar surface area (TPSA) is 0 Å². The summed E-state index contributed by atoms with van der Waals surface area (Å²) in [6, 6.07) is 0. The third kappa shape index (κ3) is 14.1. The summed E-state index contributed by atoms with van der Waals surface area (Å²) in [6.07, 6.45) is 16.0. The Morgan fingerprint density at radius 2 is 1.40 bits per heavy atom. The molecule has 2 unspecified atom stereocenters. The van der Waals surface area contributed by atoms with Gasteiger partial charge in [-0.15, -0.1) is 6.58 Å². The van der Waals surface area contributed by atoms with Crippen LogP contribution < -0.4 is 0 Å². The molecule has 0 saturated heterocycles. The first-order valence-corrected chi connectivity index (χ1v) is 10.7. The normalized spacial score (nSPS) is 14.8. The van der Waals surface area contributed by atoms with E-state index in [1.165, 1.54) is 63.4 Å². The van der Waals surface area contributed by atoms with Gasteiger partial charge >= 0.3 is 0 Å². The molecule has 0 amide bonds. The second kappa shape index (κ2) is 14.4. The van der Waals surface area contributed by atoms with Crippen molar-refractivity contribution in [1.82, 2.24) is 0 Å². The first-order valence-electron chi connectivity index (χ1n) is 10.7. The van der Waals surface area contributed by atoms with Gasteiger partial charge in [-0.25, -0.2) is 0 Å². The Balaban J connectivity index is 4.54. The van der Waals surface area contributed by atoms with Gasteiger partial charge in [0.15, 0.2) is 0 Å². The van der Waals surface area contributed by atoms with Crippen LogP contribution in [-0.4, -0.2) is 0 Å². The molecule has 0 heteroatoms. The van der Waals surface area contributed by atoms with Gasteiger partial charge in [-0.2, -0.15) is 0 Å². The molecular formula is C25H46. The van der Waals surface area contributed by atoms with Gasteiger partial charge in [0.1, 0.15) is 0 Å². The second-order valence-corrected chi connectivity index (χ2v) is 9.00. The summed E-state index contributed by atoms with van der Waals surface area (Å²) in [5, 5.41) is 0. The molecular weight excluding hydrogens is 300 g/mol. The lowest BCUT2D eigenvalue weighted by atomic mass is 9.85. The van der Waals surface area contributed by atoms with Gasteiger partial charge in [0, 0.05) is 0 Å². The van der Waals surface area contributed by atoms with Crippen LogP contribution in [0.5, 0.6) is 0 Å². The Morgan fingerprint density at radius 1 is 0.840 bits per heavy atom. The minimum absolute atomic E-state index is 0.613. The molecule has 0 heterocycles. The van der Waals surface area contributed by atoms with Crippen LogP contribution >= 0.6 is 0 Å². The van der Waals surface area contributed by atoms with Crippen LogP contribution in [0.15, 0.2) is 36.5 Å². The third-order valence-electron chi connectivity index (χ3n) is 5.33. The van der Waals surface area contributed by atoms with Crippen LogP contribution in [0.1, 0.15) is 99.3 Å². The summed E-state index contributed by atoms with van der Waals surface area (Å²) >= 11 is 0. The van der Waals surface area contributed by atoms with E-state index in [9.17, 15) is 0 Å². The number of allylic oxidation sites excluding steroid dienone is 4. The summed E-state index contributed by atoms with van der Waals surface area (Å²) in [5.74, 6) is 2.88. The van der Waals surface area contributed by atoms with Crippen molar-refractivity contribution < 1.29 is 0 Å². The van der Waals surface area contributed by atoms with E-state index in [2.05, 4.69) is 66.9 Å². The minimum atomic E-state index is 0.613. The van der Waals surface area contributed by atoms with E-state index in [0.29, 0.717) is 11.8 Å². The van der Waals surface area contributed by atoms with Gasteiger partial charge in [0.25, 0.3) is 0 Å². The van der Waals surface area contributed by atoms with E-state index in [1.54, 1.807) is 5.57 Å². The molecule has 0 aromatic rings. The van der Waals surface area contributed by atoms with Crippen molar-refractivity contribution in [3.05, 3.63) is 36.5 Å². The molecule has 0 aliphatic carbocycles. The monoisotopic (exact) mass is 346 g/mol. The van der Waals surface area contributed by atoms with Crippen molar-refractivity contribution >= 4 is 0 Å². The summed E-state index contributed by atoms with van der Waals surface area (Å²) < 4.78 is 0. The highest BCUT2D eigenvalue weighted by Crippen LogP contribution is 2.28. The fourth-order valence-corrected chi connectivity index (χ4v) is 3.25. The van der Waals surface area contributed by atoms with Crippen molar-refractivity contribution in [3.63, 3.8) is 0 Å². The zero-order chi connectivity index (χ0) is 19.2. The van der Waals surface area contributed by atoms with Crippen LogP contribution in [0.3, 0.4) is 0 Å². The predicted molar refractivity (Wildman–Crippen MR) is 117 cm³/mol. The summed E-state index contributed by atoms with van der Waals surface area (Å²) in [6.45, 7) is 22.3. The summed E-state index contributed by atoms with van der Waals surface area (Å²) in [4.78, 5) is 0. The van der Waals surface area contributed by atoms with E-state index in [1.807, 2.05) is 0 Å². The van der Waals surface area contributed by atoms with Crippen molar-refractivity contribution in [2.24, 2.45) is 23.7 Å². The van der Waals surface area contributed by atoms with Gasteiger partial charge in [-0.3, -0.25) is 0 Å². The molecule has 25 heavy (non-hydrogen) atoms. The highest BCUT2D eigenvalue weighted by molar-refractivity contribution is 5.07. The number of hydrogen-bond acceptors (Lipinski definition) is 0. The van der Waals surface area contributed by atoms with Crippen molar-refractivity contribution in [2.75, 3.05) is 0 Å². The Labute approximate surface area is 159 Å². The molecule has 0 fully saturated rings. The van der Waals surface area contributed by atoms with Crippen LogP contribution in [0.2, 0.25) is 0 Å². The van der Waals surface area contributed by atoms with Crippen molar-refractivity contribution in [2.45, 2.75) is 99.3 Å². The number of rotatable bonds is 15. The lowest BCUT2D eigenvalue weighted by molar-refractivity contribution is 0.468. The van der Waals surface area contributed by atoms with E-state index in [-0.39, 0.29) is 0 Å². The molecule has 0 saturated carbocycles. The maximum Gasteiger partial charge on any atom is -0.0171 e. The maximum atomic E-state index is 4.46. The lowest BCUT2D eigenvalue weighted by Crippen LogP contribution is -2.06. The third-order valence-corrected chi connectivity index (χ3v) is 5.33. The molecule has 146 valence electrons. The van der Waals surface area contributed by atoms with Gasteiger partial charge in [0.2, 0.25) is 0 Å². The molecule has 2 atom stereocenters. The quantitative estimate of drug-likeness (QED) is 0.260. The molecule has 0 nitrogen and oxygen atoms in total. The van der Waals surface area contributed by atoms with Crippen molar-refractivity contribution in [3.8, 4) is 0 Å². The average Bonchev–Trinajstić information content (AvgIpc) is 2.53. The van der Waals surface area contributed by atoms with Gasteiger partial charge in [-0.05, 0) is 75.5 Å². The molecule has 0 radical (unpaired) electrons. The SMILES string of the molecule is C=CC(C)CCC(C/C=C(\C)CCCC(C)C)C(=C)CCCC(C)C. The maximum absolute atomic E-state index is 4.46. The molecule has 0 aromatic heterocycles. The first-order chi connectivity index (χ1) is 11.8.